The van der Waals surface area contributed by atoms with Crippen LogP contribution in [0.3, 0.4) is 0 Å². The number of rotatable bonds is 7. The van der Waals surface area contributed by atoms with E-state index in [4.69, 9.17) is 0 Å². The first-order valence-corrected chi connectivity index (χ1v) is 6.29. The van der Waals surface area contributed by atoms with Crippen molar-refractivity contribution in [1.82, 2.24) is 5.32 Å². The van der Waals surface area contributed by atoms with E-state index in [9.17, 15) is 5.11 Å². The van der Waals surface area contributed by atoms with Crippen LogP contribution in [0.15, 0.2) is 0 Å². The first kappa shape index (κ1) is 14.9. The fourth-order valence-electron chi connectivity index (χ4n) is 2.00. The maximum absolute atomic E-state index is 9.34. The molecule has 0 rings (SSSR count). The van der Waals surface area contributed by atoms with Gasteiger partial charge in [-0.05, 0) is 24.7 Å². The molecule has 2 unspecified atom stereocenters. The standard InChI is InChI=1S/C13H29NO/c1-6-8-11(7-2)14-12(10-15)9-13(3,4)5/h11-12,14-15H,6-10H2,1-5H3. The molecule has 0 bridgehead atoms. The average molecular weight is 215 g/mol. The van der Waals surface area contributed by atoms with E-state index in [-0.39, 0.29) is 18.1 Å². The van der Waals surface area contributed by atoms with Crippen molar-refractivity contribution >= 4 is 0 Å². The van der Waals surface area contributed by atoms with E-state index in [1.54, 1.807) is 0 Å². The van der Waals surface area contributed by atoms with Gasteiger partial charge in [-0.1, -0.05) is 41.0 Å². The van der Waals surface area contributed by atoms with E-state index in [2.05, 4.69) is 39.9 Å². The Hall–Kier alpha value is -0.0800. The summed E-state index contributed by atoms with van der Waals surface area (Å²) < 4.78 is 0. The second kappa shape index (κ2) is 7.24. The fourth-order valence-corrected chi connectivity index (χ4v) is 2.00. The summed E-state index contributed by atoms with van der Waals surface area (Å²) in [6.07, 6.45) is 4.59. The zero-order valence-electron chi connectivity index (χ0n) is 11.1. The molecule has 0 saturated heterocycles. The third-order valence-electron chi connectivity index (χ3n) is 2.68. The molecule has 0 amide bonds. The normalized spacial score (nSPS) is 16.4. The molecule has 0 spiro atoms. The zero-order valence-corrected chi connectivity index (χ0v) is 11.1. The van der Waals surface area contributed by atoms with Gasteiger partial charge in [0.15, 0.2) is 0 Å². The van der Waals surface area contributed by atoms with Crippen LogP contribution in [0.2, 0.25) is 0 Å². The summed E-state index contributed by atoms with van der Waals surface area (Å²) in [7, 11) is 0. The molecule has 0 aromatic rings. The summed E-state index contributed by atoms with van der Waals surface area (Å²) in [5, 5.41) is 12.9. The highest BCUT2D eigenvalue weighted by atomic mass is 16.3. The highest BCUT2D eigenvalue weighted by Crippen LogP contribution is 2.21. The minimum Gasteiger partial charge on any atom is -0.395 e. The Morgan fingerprint density at radius 3 is 2.07 bits per heavy atom. The molecule has 0 aromatic carbocycles. The molecule has 2 heteroatoms. The number of hydrogen-bond acceptors (Lipinski definition) is 2. The molecule has 0 aliphatic rings. The molecule has 0 aliphatic heterocycles. The van der Waals surface area contributed by atoms with Crippen LogP contribution >= 0.6 is 0 Å². The third kappa shape index (κ3) is 7.80. The summed E-state index contributed by atoms with van der Waals surface area (Å²) in [6.45, 7) is 11.3. The lowest BCUT2D eigenvalue weighted by atomic mass is 9.88. The van der Waals surface area contributed by atoms with E-state index in [1.807, 2.05) is 0 Å². The van der Waals surface area contributed by atoms with Crippen LogP contribution in [-0.2, 0) is 0 Å². The predicted molar refractivity (Wildman–Crippen MR) is 67.1 cm³/mol. The van der Waals surface area contributed by atoms with Gasteiger partial charge in [0.05, 0.1) is 6.61 Å². The number of aliphatic hydroxyl groups excluding tert-OH is 1. The van der Waals surface area contributed by atoms with Crippen LogP contribution in [0.25, 0.3) is 0 Å². The van der Waals surface area contributed by atoms with E-state index < -0.39 is 0 Å². The number of hydrogen-bond donors (Lipinski definition) is 2. The zero-order chi connectivity index (χ0) is 11.9. The van der Waals surface area contributed by atoms with Gasteiger partial charge in [0, 0.05) is 12.1 Å². The average Bonchev–Trinajstić information content (AvgIpc) is 2.13. The molecule has 15 heavy (non-hydrogen) atoms. The van der Waals surface area contributed by atoms with E-state index >= 15 is 0 Å². The Morgan fingerprint density at radius 2 is 1.73 bits per heavy atom. The van der Waals surface area contributed by atoms with Gasteiger partial charge < -0.3 is 10.4 Å². The van der Waals surface area contributed by atoms with Crippen LogP contribution in [0.1, 0.15) is 60.3 Å². The molecule has 0 aliphatic carbocycles. The molecular formula is C13H29NO. The van der Waals surface area contributed by atoms with Gasteiger partial charge >= 0.3 is 0 Å². The van der Waals surface area contributed by atoms with Crippen molar-refractivity contribution in [2.45, 2.75) is 72.4 Å². The van der Waals surface area contributed by atoms with Gasteiger partial charge in [0.25, 0.3) is 0 Å². The maximum atomic E-state index is 9.34. The molecule has 0 saturated carbocycles. The summed E-state index contributed by atoms with van der Waals surface area (Å²) in [6, 6.07) is 0.816. The molecule has 2 nitrogen and oxygen atoms in total. The quantitative estimate of drug-likeness (QED) is 0.684. The van der Waals surface area contributed by atoms with Gasteiger partial charge in [-0.15, -0.1) is 0 Å². The van der Waals surface area contributed by atoms with Crippen molar-refractivity contribution in [3.05, 3.63) is 0 Å². The molecule has 0 aromatic heterocycles. The lowest BCUT2D eigenvalue weighted by Gasteiger charge is -2.29. The van der Waals surface area contributed by atoms with Gasteiger partial charge in [0.1, 0.15) is 0 Å². The molecule has 2 atom stereocenters. The lowest BCUT2D eigenvalue weighted by molar-refractivity contribution is 0.185. The number of nitrogens with one attached hydrogen (secondary N) is 1. The molecule has 2 N–H and O–H groups in total. The smallest absolute Gasteiger partial charge is 0.0584 e. The summed E-state index contributed by atoms with van der Waals surface area (Å²) in [4.78, 5) is 0. The highest BCUT2D eigenvalue weighted by Gasteiger charge is 2.19. The Balaban J connectivity index is 4.06. The van der Waals surface area contributed by atoms with Crippen LogP contribution in [0.4, 0.5) is 0 Å². The maximum Gasteiger partial charge on any atom is 0.0584 e. The minimum absolute atomic E-state index is 0.248. The van der Waals surface area contributed by atoms with Crippen molar-refractivity contribution in [2.24, 2.45) is 5.41 Å². The molecule has 92 valence electrons. The van der Waals surface area contributed by atoms with Gasteiger partial charge in [0.2, 0.25) is 0 Å². The first-order valence-electron chi connectivity index (χ1n) is 6.29. The fraction of sp³-hybridized carbons (Fsp3) is 1.00. The predicted octanol–water partition coefficient (Wildman–Crippen LogP) is 2.95. The van der Waals surface area contributed by atoms with Crippen molar-refractivity contribution in [3.63, 3.8) is 0 Å². The van der Waals surface area contributed by atoms with Gasteiger partial charge in [-0.25, -0.2) is 0 Å². The number of aliphatic hydroxyl groups is 1. The van der Waals surface area contributed by atoms with E-state index in [1.165, 1.54) is 12.8 Å². The first-order chi connectivity index (χ1) is 6.92. The SMILES string of the molecule is CCCC(CC)NC(CO)CC(C)(C)C. The Labute approximate surface area is 95.5 Å². The monoisotopic (exact) mass is 215 g/mol. The second-order valence-corrected chi connectivity index (χ2v) is 5.70. The Kier molecular flexibility index (Phi) is 7.20. The van der Waals surface area contributed by atoms with Crippen molar-refractivity contribution in [2.75, 3.05) is 6.61 Å². The van der Waals surface area contributed by atoms with Gasteiger partial charge in [-0.2, -0.15) is 0 Å². The minimum atomic E-state index is 0.248. The van der Waals surface area contributed by atoms with Crippen molar-refractivity contribution < 1.29 is 5.11 Å². The van der Waals surface area contributed by atoms with Crippen LogP contribution in [-0.4, -0.2) is 23.8 Å². The third-order valence-corrected chi connectivity index (χ3v) is 2.68. The second-order valence-electron chi connectivity index (χ2n) is 5.70. The Morgan fingerprint density at radius 1 is 1.13 bits per heavy atom. The Bertz CT molecular complexity index is 151. The van der Waals surface area contributed by atoms with Crippen LogP contribution < -0.4 is 5.32 Å². The van der Waals surface area contributed by atoms with Crippen molar-refractivity contribution in [1.29, 1.82) is 0 Å². The van der Waals surface area contributed by atoms with E-state index in [0.29, 0.717) is 6.04 Å². The van der Waals surface area contributed by atoms with Crippen molar-refractivity contribution in [3.8, 4) is 0 Å². The molecule has 0 fully saturated rings. The summed E-state index contributed by atoms with van der Waals surface area (Å²) in [5.74, 6) is 0. The molecular weight excluding hydrogens is 186 g/mol. The largest absolute Gasteiger partial charge is 0.395 e. The van der Waals surface area contributed by atoms with Crippen LogP contribution in [0.5, 0.6) is 0 Å². The lowest BCUT2D eigenvalue weighted by Crippen LogP contribution is -2.42. The van der Waals surface area contributed by atoms with Gasteiger partial charge in [-0.3, -0.25) is 0 Å². The van der Waals surface area contributed by atoms with E-state index in [0.717, 1.165) is 12.8 Å². The topological polar surface area (TPSA) is 32.3 Å². The summed E-state index contributed by atoms with van der Waals surface area (Å²) >= 11 is 0. The summed E-state index contributed by atoms with van der Waals surface area (Å²) in [5.41, 5.74) is 0.283. The highest BCUT2D eigenvalue weighted by molar-refractivity contribution is 4.77. The molecule has 0 heterocycles. The van der Waals surface area contributed by atoms with Crippen LogP contribution in [0, 0.1) is 5.41 Å². The molecule has 0 radical (unpaired) electrons.